The van der Waals surface area contributed by atoms with E-state index in [0.29, 0.717) is 36.8 Å². The van der Waals surface area contributed by atoms with Gasteiger partial charge in [-0.1, -0.05) is 23.7 Å². The zero-order valence-electron chi connectivity index (χ0n) is 17.2. The molecule has 1 saturated heterocycles. The Labute approximate surface area is 182 Å². The summed E-state index contributed by atoms with van der Waals surface area (Å²) in [5, 5.41) is 3.16. The lowest BCUT2D eigenvalue weighted by Crippen LogP contribution is -2.45. The fourth-order valence-corrected chi connectivity index (χ4v) is 3.23. The topological polar surface area (TPSA) is 76.6 Å². The van der Waals surface area contributed by atoms with Crippen molar-refractivity contribution in [3.63, 3.8) is 0 Å². The number of para-hydroxylation sites is 1. The van der Waals surface area contributed by atoms with E-state index < -0.39 is 29.5 Å². The summed E-state index contributed by atoms with van der Waals surface area (Å²) in [7, 11) is 0. The summed E-state index contributed by atoms with van der Waals surface area (Å²) in [5.41, 5.74) is -0.674. The van der Waals surface area contributed by atoms with Crippen LogP contribution in [0, 0.1) is 0 Å². The Hall–Kier alpha value is -2.59. The third kappa shape index (κ3) is 5.76. The van der Waals surface area contributed by atoms with Gasteiger partial charge in [-0.2, -0.15) is 13.2 Å². The zero-order chi connectivity index (χ0) is 22.8. The fourth-order valence-electron chi connectivity index (χ4n) is 3.00. The Morgan fingerprint density at radius 3 is 2.55 bits per heavy atom. The molecule has 2 aromatic rings. The minimum Gasteiger partial charge on any atom is -0.444 e. The number of nitrogens with zero attached hydrogens (tertiary/aromatic N) is 3. The molecule has 2 heterocycles. The first kappa shape index (κ1) is 23.1. The van der Waals surface area contributed by atoms with Crippen LogP contribution in [0.2, 0.25) is 5.02 Å². The van der Waals surface area contributed by atoms with Crippen molar-refractivity contribution >= 4 is 29.3 Å². The minimum atomic E-state index is -4.54. The largest absolute Gasteiger partial charge is 0.444 e. The molecule has 31 heavy (non-hydrogen) atoms. The van der Waals surface area contributed by atoms with Crippen LogP contribution in [0.4, 0.5) is 29.6 Å². The molecular weight excluding hydrogens is 437 g/mol. The highest BCUT2D eigenvalue weighted by molar-refractivity contribution is 6.33. The van der Waals surface area contributed by atoms with Gasteiger partial charge in [0, 0.05) is 24.5 Å². The Kier molecular flexibility index (Phi) is 6.61. The maximum atomic E-state index is 12.8. The highest BCUT2D eigenvalue weighted by atomic mass is 35.5. The van der Waals surface area contributed by atoms with Gasteiger partial charge in [0.05, 0.1) is 35.5 Å². The van der Waals surface area contributed by atoms with Crippen LogP contribution < -0.4 is 5.32 Å². The molecule has 1 fully saturated rings. The van der Waals surface area contributed by atoms with Crippen molar-refractivity contribution in [2.45, 2.75) is 38.6 Å². The molecule has 1 aliphatic rings. The molecule has 0 radical (unpaired) electrons. The van der Waals surface area contributed by atoms with Crippen molar-refractivity contribution in [1.29, 1.82) is 0 Å². The van der Waals surface area contributed by atoms with Crippen LogP contribution >= 0.6 is 11.6 Å². The van der Waals surface area contributed by atoms with Crippen LogP contribution in [0.25, 0.3) is 0 Å². The van der Waals surface area contributed by atoms with Crippen LogP contribution in [0.3, 0.4) is 0 Å². The van der Waals surface area contributed by atoms with E-state index in [1.807, 2.05) is 0 Å². The Morgan fingerprint density at radius 2 is 1.94 bits per heavy atom. The lowest BCUT2D eigenvalue weighted by atomic mass is 10.0. The van der Waals surface area contributed by atoms with Crippen LogP contribution in [-0.4, -0.2) is 46.3 Å². The molecule has 1 atom stereocenters. The zero-order valence-corrected chi connectivity index (χ0v) is 17.9. The van der Waals surface area contributed by atoms with Gasteiger partial charge in [-0.05, 0) is 26.8 Å². The number of rotatable bonds is 3. The number of morpholine rings is 1. The number of carbonyl (C=O) groups excluding carboxylic acids is 1. The van der Waals surface area contributed by atoms with E-state index >= 15 is 0 Å². The number of alkyl halides is 3. The molecule has 168 valence electrons. The van der Waals surface area contributed by atoms with Gasteiger partial charge in [0.2, 0.25) is 5.95 Å². The predicted molar refractivity (Wildman–Crippen MR) is 108 cm³/mol. The first-order valence-electron chi connectivity index (χ1n) is 9.48. The molecule has 1 aliphatic heterocycles. The molecule has 1 amide bonds. The van der Waals surface area contributed by atoms with E-state index in [-0.39, 0.29) is 17.6 Å². The van der Waals surface area contributed by atoms with Gasteiger partial charge in [-0.15, -0.1) is 0 Å². The molecule has 11 heteroatoms. The van der Waals surface area contributed by atoms with Gasteiger partial charge in [0.25, 0.3) is 0 Å². The molecule has 0 spiro atoms. The lowest BCUT2D eigenvalue weighted by Gasteiger charge is -2.37. The summed E-state index contributed by atoms with van der Waals surface area (Å²) < 4.78 is 49.4. The third-order valence-corrected chi connectivity index (χ3v) is 4.69. The number of halogens is 4. The maximum Gasteiger partial charge on any atom is 0.419 e. The molecule has 0 aliphatic carbocycles. The average molecular weight is 459 g/mol. The van der Waals surface area contributed by atoms with E-state index in [9.17, 15) is 18.0 Å². The van der Waals surface area contributed by atoms with E-state index in [1.54, 1.807) is 43.9 Å². The summed E-state index contributed by atoms with van der Waals surface area (Å²) in [6, 6.07) is 4.53. The van der Waals surface area contributed by atoms with Crippen LogP contribution in [0.5, 0.6) is 0 Å². The minimum absolute atomic E-state index is 0.0668. The maximum absolute atomic E-state index is 12.8. The summed E-state index contributed by atoms with van der Waals surface area (Å²) in [4.78, 5) is 21.8. The highest BCUT2D eigenvalue weighted by Crippen LogP contribution is 2.37. The van der Waals surface area contributed by atoms with Crippen molar-refractivity contribution in [1.82, 2.24) is 14.9 Å². The van der Waals surface area contributed by atoms with Gasteiger partial charge in [0.1, 0.15) is 5.60 Å². The highest BCUT2D eigenvalue weighted by Gasteiger charge is 2.34. The van der Waals surface area contributed by atoms with Gasteiger partial charge >= 0.3 is 12.3 Å². The molecule has 1 aromatic carbocycles. The van der Waals surface area contributed by atoms with Crippen molar-refractivity contribution in [2.75, 3.05) is 25.1 Å². The number of carbonyl (C=O) groups is 1. The Morgan fingerprint density at radius 1 is 1.26 bits per heavy atom. The SMILES string of the molecule is CC(C)(C)OC(=O)N1CCOCC1c1cccc(Cl)c1Nc1ncc(C(F)(F)F)cn1. The molecule has 1 unspecified atom stereocenters. The van der Waals surface area contributed by atoms with Crippen molar-refractivity contribution < 1.29 is 27.4 Å². The molecule has 7 nitrogen and oxygen atoms in total. The van der Waals surface area contributed by atoms with E-state index in [1.165, 1.54) is 0 Å². The van der Waals surface area contributed by atoms with Gasteiger partial charge in [0.15, 0.2) is 0 Å². The van der Waals surface area contributed by atoms with Crippen LogP contribution in [0.1, 0.15) is 37.9 Å². The molecule has 0 saturated carbocycles. The molecular formula is C20H22ClF3N4O3. The number of hydrogen-bond acceptors (Lipinski definition) is 6. The summed E-state index contributed by atoms with van der Waals surface area (Å²) in [6.45, 7) is 6.17. The number of benzene rings is 1. The number of hydrogen-bond donors (Lipinski definition) is 1. The first-order chi connectivity index (χ1) is 14.5. The number of amides is 1. The second kappa shape index (κ2) is 8.88. The molecule has 1 N–H and O–H groups in total. The van der Waals surface area contributed by atoms with E-state index in [0.717, 1.165) is 0 Å². The Bertz CT molecular complexity index is 933. The van der Waals surface area contributed by atoms with Crippen molar-refractivity contribution in [3.05, 3.63) is 46.7 Å². The van der Waals surface area contributed by atoms with Gasteiger partial charge in [-0.25, -0.2) is 14.8 Å². The van der Waals surface area contributed by atoms with Crippen LogP contribution in [0.15, 0.2) is 30.6 Å². The van der Waals surface area contributed by atoms with E-state index in [4.69, 9.17) is 21.1 Å². The molecule has 3 rings (SSSR count). The van der Waals surface area contributed by atoms with Crippen molar-refractivity contribution in [2.24, 2.45) is 0 Å². The molecule has 0 bridgehead atoms. The third-order valence-electron chi connectivity index (χ3n) is 4.38. The summed E-state index contributed by atoms with van der Waals surface area (Å²) >= 11 is 6.36. The van der Waals surface area contributed by atoms with E-state index in [2.05, 4.69) is 15.3 Å². The second-order valence-electron chi connectivity index (χ2n) is 7.89. The summed E-state index contributed by atoms with van der Waals surface area (Å²) in [6.07, 6.45) is -3.68. The van der Waals surface area contributed by atoms with Gasteiger partial charge < -0.3 is 14.8 Å². The quantitative estimate of drug-likeness (QED) is 0.681. The lowest BCUT2D eigenvalue weighted by molar-refractivity contribution is -0.138. The first-order valence-corrected chi connectivity index (χ1v) is 9.85. The van der Waals surface area contributed by atoms with Crippen LogP contribution in [-0.2, 0) is 15.7 Å². The number of aromatic nitrogens is 2. The number of ether oxygens (including phenoxy) is 2. The number of nitrogens with one attached hydrogen (secondary N) is 1. The van der Waals surface area contributed by atoms with Gasteiger partial charge in [-0.3, -0.25) is 4.90 Å². The van der Waals surface area contributed by atoms with Crippen molar-refractivity contribution in [3.8, 4) is 0 Å². The smallest absolute Gasteiger partial charge is 0.419 e. The molecule has 1 aromatic heterocycles. The number of anilines is 2. The Balaban J connectivity index is 1.91. The normalized spacial score (nSPS) is 17.4. The fraction of sp³-hybridized carbons (Fsp3) is 0.450. The summed E-state index contributed by atoms with van der Waals surface area (Å²) in [5.74, 6) is -0.0668. The predicted octanol–water partition coefficient (Wildman–Crippen LogP) is 5.20. The monoisotopic (exact) mass is 458 g/mol. The standard InChI is InChI=1S/C20H22ClF3N4O3/c1-19(2,3)31-18(29)28-7-8-30-11-15(28)13-5-4-6-14(21)16(13)27-17-25-9-12(10-26-17)20(22,23)24/h4-6,9-10,15H,7-8,11H2,1-3H3,(H,25,26,27). The second-order valence-corrected chi connectivity index (χ2v) is 8.29. The average Bonchev–Trinajstić information content (AvgIpc) is 2.68.